The lowest BCUT2D eigenvalue weighted by Crippen LogP contribution is -2.35. The van der Waals surface area contributed by atoms with Gasteiger partial charge in [0.25, 0.3) is 0 Å². The standard InChI is InChI=1S/C16H20N2/c1-12-2-3-14-11-16(5-4-13(14)10-12)18-15-6-8-17-9-7-15/h2-5,10-11,15,17-18H,6-9H2,1H3. The smallest absolute Gasteiger partial charge is 0.0348 e. The van der Waals surface area contributed by atoms with Crippen LogP contribution >= 0.6 is 0 Å². The highest BCUT2D eigenvalue weighted by Gasteiger charge is 2.12. The molecule has 0 unspecified atom stereocenters. The molecule has 0 aliphatic carbocycles. The number of nitrogens with one attached hydrogen (secondary N) is 2. The second-order valence-electron chi connectivity index (χ2n) is 5.23. The molecule has 94 valence electrons. The summed E-state index contributed by atoms with van der Waals surface area (Å²) in [4.78, 5) is 0. The molecule has 0 spiro atoms. The fourth-order valence-electron chi connectivity index (χ4n) is 2.66. The zero-order valence-corrected chi connectivity index (χ0v) is 10.9. The number of aryl methyl sites for hydroxylation is 1. The van der Waals surface area contributed by atoms with Crippen LogP contribution < -0.4 is 10.6 Å². The molecular weight excluding hydrogens is 220 g/mol. The Morgan fingerprint density at radius 3 is 2.56 bits per heavy atom. The number of piperidine rings is 1. The van der Waals surface area contributed by atoms with E-state index < -0.39 is 0 Å². The first-order valence-corrected chi connectivity index (χ1v) is 6.79. The van der Waals surface area contributed by atoms with E-state index in [0.717, 1.165) is 13.1 Å². The van der Waals surface area contributed by atoms with Crippen molar-refractivity contribution >= 4 is 16.5 Å². The SMILES string of the molecule is Cc1ccc2cc(NC3CCNCC3)ccc2c1. The fraction of sp³-hybridized carbons (Fsp3) is 0.375. The van der Waals surface area contributed by atoms with Crippen molar-refractivity contribution < 1.29 is 0 Å². The zero-order chi connectivity index (χ0) is 12.4. The highest BCUT2D eigenvalue weighted by Crippen LogP contribution is 2.22. The molecule has 2 aromatic rings. The Hall–Kier alpha value is -1.54. The number of fused-ring (bicyclic) bond motifs is 1. The maximum absolute atomic E-state index is 3.65. The number of hydrogen-bond donors (Lipinski definition) is 2. The molecule has 0 saturated carbocycles. The topological polar surface area (TPSA) is 24.1 Å². The quantitative estimate of drug-likeness (QED) is 0.841. The molecule has 2 aromatic carbocycles. The van der Waals surface area contributed by atoms with Crippen LogP contribution in [0.5, 0.6) is 0 Å². The lowest BCUT2D eigenvalue weighted by molar-refractivity contribution is 0.479. The van der Waals surface area contributed by atoms with Crippen molar-refractivity contribution in [1.82, 2.24) is 5.32 Å². The van der Waals surface area contributed by atoms with Crippen molar-refractivity contribution in [3.05, 3.63) is 42.0 Å². The molecule has 2 nitrogen and oxygen atoms in total. The van der Waals surface area contributed by atoms with Gasteiger partial charge in [-0.1, -0.05) is 29.8 Å². The monoisotopic (exact) mass is 240 g/mol. The largest absolute Gasteiger partial charge is 0.382 e. The van der Waals surface area contributed by atoms with Gasteiger partial charge in [0.15, 0.2) is 0 Å². The van der Waals surface area contributed by atoms with Crippen LogP contribution in [0.4, 0.5) is 5.69 Å². The van der Waals surface area contributed by atoms with Gasteiger partial charge in [-0.25, -0.2) is 0 Å². The van der Waals surface area contributed by atoms with Crippen molar-refractivity contribution in [1.29, 1.82) is 0 Å². The normalized spacial score (nSPS) is 16.9. The Morgan fingerprint density at radius 1 is 1.00 bits per heavy atom. The van der Waals surface area contributed by atoms with E-state index in [1.165, 1.54) is 34.9 Å². The lowest BCUT2D eigenvalue weighted by Gasteiger charge is -2.24. The predicted octanol–water partition coefficient (Wildman–Crippen LogP) is 3.31. The minimum atomic E-state index is 0.620. The van der Waals surface area contributed by atoms with Gasteiger partial charge in [-0.05, 0) is 55.8 Å². The van der Waals surface area contributed by atoms with Gasteiger partial charge < -0.3 is 10.6 Å². The van der Waals surface area contributed by atoms with Gasteiger partial charge in [0.1, 0.15) is 0 Å². The van der Waals surface area contributed by atoms with E-state index in [2.05, 4.69) is 54.0 Å². The van der Waals surface area contributed by atoms with Gasteiger partial charge in [-0.3, -0.25) is 0 Å². The Morgan fingerprint density at radius 2 is 1.72 bits per heavy atom. The maximum Gasteiger partial charge on any atom is 0.0348 e. The second-order valence-corrected chi connectivity index (χ2v) is 5.23. The Balaban J connectivity index is 1.82. The Bertz CT molecular complexity index is 542. The summed E-state index contributed by atoms with van der Waals surface area (Å²) in [6.45, 7) is 4.40. The molecule has 0 amide bonds. The van der Waals surface area contributed by atoms with Crippen LogP contribution in [0.3, 0.4) is 0 Å². The minimum absolute atomic E-state index is 0.620. The summed E-state index contributed by atoms with van der Waals surface area (Å²) in [7, 11) is 0. The first-order valence-electron chi connectivity index (χ1n) is 6.79. The zero-order valence-electron chi connectivity index (χ0n) is 10.9. The van der Waals surface area contributed by atoms with Gasteiger partial charge in [0, 0.05) is 11.7 Å². The predicted molar refractivity (Wildman–Crippen MR) is 78.2 cm³/mol. The molecule has 2 N–H and O–H groups in total. The first kappa shape index (κ1) is 11.5. The van der Waals surface area contributed by atoms with Crippen molar-refractivity contribution in [2.24, 2.45) is 0 Å². The molecule has 1 aliphatic heterocycles. The number of benzene rings is 2. The van der Waals surface area contributed by atoms with Crippen LogP contribution in [-0.4, -0.2) is 19.1 Å². The third kappa shape index (κ3) is 2.49. The highest BCUT2D eigenvalue weighted by molar-refractivity contribution is 5.86. The average Bonchev–Trinajstić information content (AvgIpc) is 2.40. The summed E-state index contributed by atoms with van der Waals surface area (Å²) in [5.41, 5.74) is 2.57. The maximum atomic E-state index is 3.65. The van der Waals surface area contributed by atoms with Gasteiger partial charge in [-0.2, -0.15) is 0 Å². The molecule has 1 heterocycles. The van der Waals surface area contributed by atoms with Gasteiger partial charge in [0.2, 0.25) is 0 Å². The summed E-state index contributed by atoms with van der Waals surface area (Å²) < 4.78 is 0. The molecule has 0 radical (unpaired) electrons. The molecular formula is C16H20N2. The van der Waals surface area contributed by atoms with E-state index in [9.17, 15) is 0 Å². The first-order chi connectivity index (χ1) is 8.81. The molecule has 1 fully saturated rings. The Labute approximate surface area is 108 Å². The Kier molecular flexibility index (Phi) is 3.20. The van der Waals surface area contributed by atoms with Crippen LogP contribution in [0.1, 0.15) is 18.4 Å². The van der Waals surface area contributed by atoms with E-state index in [0.29, 0.717) is 6.04 Å². The summed E-state index contributed by atoms with van der Waals surface area (Å²) >= 11 is 0. The third-order valence-corrected chi connectivity index (χ3v) is 3.71. The van der Waals surface area contributed by atoms with Crippen molar-refractivity contribution in [2.45, 2.75) is 25.8 Å². The summed E-state index contributed by atoms with van der Waals surface area (Å²) in [6.07, 6.45) is 2.43. The number of anilines is 1. The summed E-state index contributed by atoms with van der Waals surface area (Å²) in [6, 6.07) is 13.9. The molecule has 0 bridgehead atoms. The molecule has 3 rings (SSSR count). The van der Waals surface area contributed by atoms with Crippen LogP contribution in [0, 0.1) is 6.92 Å². The third-order valence-electron chi connectivity index (χ3n) is 3.71. The summed E-state index contributed by atoms with van der Waals surface area (Å²) in [5, 5.41) is 9.69. The molecule has 18 heavy (non-hydrogen) atoms. The average molecular weight is 240 g/mol. The van der Waals surface area contributed by atoms with E-state index in [1.54, 1.807) is 0 Å². The van der Waals surface area contributed by atoms with Crippen LogP contribution in [-0.2, 0) is 0 Å². The van der Waals surface area contributed by atoms with Gasteiger partial charge in [-0.15, -0.1) is 0 Å². The minimum Gasteiger partial charge on any atom is -0.382 e. The highest BCUT2D eigenvalue weighted by atomic mass is 15.0. The van der Waals surface area contributed by atoms with Gasteiger partial charge >= 0.3 is 0 Å². The van der Waals surface area contributed by atoms with E-state index >= 15 is 0 Å². The van der Waals surface area contributed by atoms with Crippen LogP contribution in [0.25, 0.3) is 10.8 Å². The molecule has 1 saturated heterocycles. The fourth-order valence-corrected chi connectivity index (χ4v) is 2.66. The van der Waals surface area contributed by atoms with Crippen LogP contribution in [0.15, 0.2) is 36.4 Å². The van der Waals surface area contributed by atoms with E-state index in [4.69, 9.17) is 0 Å². The molecule has 0 aromatic heterocycles. The van der Waals surface area contributed by atoms with E-state index in [-0.39, 0.29) is 0 Å². The van der Waals surface area contributed by atoms with Gasteiger partial charge in [0.05, 0.1) is 0 Å². The van der Waals surface area contributed by atoms with Crippen molar-refractivity contribution in [3.63, 3.8) is 0 Å². The second kappa shape index (κ2) is 4.99. The van der Waals surface area contributed by atoms with Crippen molar-refractivity contribution in [2.75, 3.05) is 18.4 Å². The summed E-state index contributed by atoms with van der Waals surface area (Å²) in [5.74, 6) is 0. The lowest BCUT2D eigenvalue weighted by atomic mass is 10.0. The molecule has 2 heteroatoms. The molecule has 1 aliphatic rings. The molecule has 0 atom stereocenters. The van der Waals surface area contributed by atoms with Crippen molar-refractivity contribution in [3.8, 4) is 0 Å². The number of hydrogen-bond acceptors (Lipinski definition) is 2. The number of rotatable bonds is 2. The van der Waals surface area contributed by atoms with E-state index in [1.807, 2.05) is 0 Å². The van der Waals surface area contributed by atoms with Crippen LogP contribution in [0.2, 0.25) is 0 Å².